The van der Waals surface area contributed by atoms with Crippen LogP contribution in [0.1, 0.15) is 44.7 Å². The van der Waals surface area contributed by atoms with Gasteiger partial charge in [0.15, 0.2) is 0 Å². The van der Waals surface area contributed by atoms with Gasteiger partial charge in [0, 0.05) is 17.5 Å². The summed E-state index contributed by atoms with van der Waals surface area (Å²) in [5.41, 5.74) is 0.987. The first-order chi connectivity index (χ1) is 17.5. The van der Waals surface area contributed by atoms with Crippen LogP contribution < -0.4 is 10.6 Å². The molecule has 1 aliphatic carbocycles. The number of hydrogen-bond donors (Lipinski definition) is 2. The number of carbonyl (C=O) groups excluding carboxylic acids is 3. The highest BCUT2D eigenvalue weighted by atomic mass is 19.4. The van der Waals surface area contributed by atoms with Crippen molar-refractivity contribution >= 4 is 28.6 Å². The van der Waals surface area contributed by atoms with Gasteiger partial charge < -0.3 is 15.5 Å². The Morgan fingerprint density at radius 2 is 1.89 bits per heavy atom. The van der Waals surface area contributed by atoms with Crippen molar-refractivity contribution in [2.45, 2.75) is 57.4 Å². The third kappa shape index (κ3) is 5.21. The molecule has 1 aromatic heterocycles. The van der Waals surface area contributed by atoms with E-state index in [1.165, 1.54) is 24.9 Å². The first-order valence-electron chi connectivity index (χ1n) is 12.1. The molecule has 2 fully saturated rings. The van der Waals surface area contributed by atoms with E-state index < -0.39 is 47.9 Å². The molecule has 9 nitrogen and oxygen atoms in total. The van der Waals surface area contributed by atoms with Crippen LogP contribution in [-0.2, 0) is 14.4 Å². The smallest absolute Gasteiger partial charge is 0.336 e. The molecule has 5 atom stereocenters. The molecule has 0 bridgehead atoms. The van der Waals surface area contributed by atoms with E-state index in [1.807, 2.05) is 0 Å². The lowest BCUT2D eigenvalue weighted by atomic mass is 9.92. The van der Waals surface area contributed by atoms with Crippen molar-refractivity contribution in [1.29, 1.82) is 5.26 Å². The average Bonchev–Trinajstić information content (AvgIpc) is 3.45. The van der Waals surface area contributed by atoms with Crippen LogP contribution >= 0.6 is 0 Å². The van der Waals surface area contributed by atoms with Crippen molar-refractivity contribution in [2.75, 3.05) is 6.54 Å². The highest BCUT2D eigenvalue weighted by Gasteiger charge is 2.51. The third-order valence-electron chi connectivity index (χ3n) is 7.22. The van der Waals surface area contributed by atoms with Crippen LogP contribution in [0, 0.1) is 29.1 Å². The van der Waals surface area contributed by atoms with Crippen molar-refractivity contribution in [3.05, 3.63) is 36.0 Å². The highest BCUT2D eigenvalue weighted by molar-refractivity contribution is 5.94. The molecule has 2 N–H and O–H groups in total. The number of benzene rings is 1. The van der Waals surface area contributed by atoms with Crippen molar-refractivity contribution in [2.24, 2.45) is 17.8 Å². The molecule has 1 aliphatic heterocycles. The fraction of sp³-hybridized carbons (Fsp3) is 0.520. The minimum Gasteiger partial charge on any atom is -0.336 e. The summed E-state index contributed by atoms with van der Waals surface area (Å²) in [4.78, 5) is 40.0. The Bertz CT molecular complexity index is 1240. The zero-order valence-corrected chi connectivity index (χ0v) is 20.3. The molecular formula is C25H27F3N6O3. The van der Waals surface area contributed by atoms with Crippen LogP contribution in [0.15, 0.2) is 30.5 Å². The van der Waals surface area contributed by atoms with Gasteiger partial charge in [0.25, 0.3) is 0 Å². The van der Waals surface area contributed by atoms with Gasteiger partial charge in [-0.15, -0.1) is 0 Å². The quantitative estimate of drug-likeness (QED) is 0.608. The zero-order valence-electron chi connectivity index (χ0n) is 20.3. The van der Waals surface area contributed by atoms with Crippen LogP contribution in [0.5, 0.6) is 0 Å². The summed E-state index contributed by atoms with van der Waals surface area (Å²) in [6, 6.07) is 5.57. The summed E-state index contributed by atoms with van der Waals surface area (Å²) < 4.78 is 38.8. The Labute approximate surface area is 211 Å². The predicted molar refractivity (Wildman–Crippen MR) is 125 cm³/mol. The van der Waals surface area contributed by atoms with Gasteiger partial charge >= 0.3 is 12.1 Å². The molecular weight excluding hydrogens is 489 g/mol. The summed E-state index contributed by atoms with van der Waals surface area (Å²) in [5, 5.41) is 23.0. The molecule has 4 rings (SSSR count). The van der Waals surface area contributed by atoms with E-state index in [4.69, 9.17) is 0 Å². The number of nitrogens with one attached hydrogen (secondary N) is 2. The first-order valence-corrected chi connectivity index (χ1v) is 12.1. The number of aromatic nitrogens is 2. The van der Waals surface area contributed by atoms with Crippen molar-refractivity contribution in [1.82, 2.24) is 25.7 Å². The summed E-state index contributed by atoms with van der Waals surface area (Å²) in [6.07, 6.45) is -1.44. The van der Waals surface area contributed by atoms with E-state index in [2.05, 4.69) is 21.6 Å². The number of nitriles is 1. The minimum atomic E-state index is -5.15. The largest absolute Gasteiger partial charge is 0.471 e. The van der Waals surface area contributed by atoms with Gasteiger partial charge in [-0.25, -0.2) is 0 Å². The normalized spacial score (nSPS) is 22.8. The van der Waals surface area contributed by atoms with E-state index in [0.717, 1.165) is 12.8 Å². The third-order valence-corrected chi connectivity index (χ3v) is 7.22. The highest BCUT2D eigenvalue weighted by Crippen LogP contribution is 2.43. The standard InChI is InChI=1S/C25H27F3N6O3/c1-13(2)20(32-24(37)25(26,27)28)23(36)34-12-14-6-5-8-15(14)21(34)22(35)31-19(10-29)17-11-30-33-18-9-4-3-7-16(17)18/h3-4,7,9,11,13-15,19-21H,5-6,8,12H2,1-2H3,(H,31,35)(H,32,37)/t14-,15-,19?,20-,21-/m0/s1. The lowest BCUT2D eigenvalue weighted by Gasteiger charge is -2.32. The predicted octanol–water partition coefficient (Wildman–Crippen LogP) is 2.64. The number of hydrogen-bond acceptors (Lipinski definition) is 6. The lowest BCUT2D eigenvalue weighted by molar-refractivity contribution is -0.175. The van der Waals surface area contributed by atoms with Crippen LogP contribution in [0.25, 0.3) is 10.9 Å². The van der Waals surface area contributed by atoms with E-state index in [9.17, 15) is 32.8 Å². The fourth-order valence-corrected chi connectivity index (χ4v) is 5.45. The second kappa shape index (κ2) is 10.3. The van der Waals surface area contributed by atoms with Crippen LogP contribution in [-0.4, -0.2) is 57.6 Å². The zero-order chi connectivity index (χ0) is 26.9. The molecule has 1 aromatic carbocycles. The van der Waals surface area contributed by atoms with Crippen molar-refractivity contribution in [3.63, 3.8) is 0 Å². The molecule has 196 valence electrons. The number of amides is 3. The molecule has 1 saturated carbocycles. The lowest BCUT2D eigenvalue weighted by Crippen LogP contribution is -2.57. The van der Waals surface area contributed by atoms with Crippen molar-refractivity contribution < 1.29 is 27.6 Å². The van der Waals surface area contributed by atoms with Crippen LogP contribution in [0.4, 0.5) is 13.2 Å². The Balaban J connectivity index is 1.61. The molecule has 1 saturated heterocycles. The topological polar surface area (TPSA) is 128 Å². The molecule has 12 heteroatoms. The SMILES string of the molecule is CC(C)[C@H](NC(=O)C(F)(F)F)C(=O)N1C[C@@H]2CCC[C@@H]2[C@H]1C(=O)NC(C#N)c1cnnc2ccccc12. The number of carbonyl (C=O) groups is 3. The Morgan fingerprint density at radius 3 is 2.57 bits per heavy atom. The summed E-state index contributed by atoms with van der Waals surface area (Å²) in [6.45, 7) is 3.25. The van der Waals surface area contributed by atoms with E-state index in [0.29, 0.717) is 22.9 Å². The first kappa shape index (κ1) is 26.3. The van der Waals surface area contributed by atoms with Gasteiger partial charge in [-0.3, -0.25) is 14.4 Å². The van der Waals surface area contributed by atoms with Crippen LogP contribution in [0.3, 0.4) is 0 Å². The average molecular weight is 517 g/mol. The fourth-order valence-electron chi connectivity index (χ4n) is 5.45. The molecule has 1 unspecified atom stereocenters. The number of rotatable bonds is 6. The molecule has 2 heterocycles. The number of nitrogens with zero attached hydrogens (tertiary/aromatic N) is 4. The summed E-state index contributed by atoms with van der Waals surface area (Å²) >= 11 is 0. The monoisotopic (exact) mass is 516 g/mol. The maximum Gasteiger partial charge on any atom is 0.471 e. The molecule has 37 heavy (non-hydrogen) atoms. The van der Waals surface area contributed by atoms with Gasteiger partial charge in [-0.05, 0) is 36.7 Å². The summed E-state index contributed by atoms with van der Waals surface area (Å²) in [5.74, 6) is -4.35. The molecule has 0 spiro atoms. The number of halogens is 3. The Hall–Kier alpha value is -3.75. The number of fused-ring (bicyclic) bond motifs is 2. The van der Waals surface area contributed by atoms with E-state index in [-0.39, 0.29) is 18.4 Å². The second-order valence-corrected chi connectivity index (χ2v) is 9.87. The maximum atomic E-state index is 13.6. The Kier molecular flexibility index (Phi) is 7.34. The molecule has 2 aromatic rings. The molecule has 2 aliphatic rings. The molecule has 3 amide bonds. The van der Waals surface area contributed by atoms with Crippen LogP contribution in [0.2, 0.25) is 0 Å². The second-order valence-electron chi connectivity index (χ2n) is 9.87. The number of alkyl halides is 3. The Morgan fingerprint density at radius 1 is 1.16 bits per heavy atom. The van der Waals surface area contributed by atoms with E-state index in [1.54, 1.807) is 29.6 Å². The van der Waals surface area contributed by atoms with E-state index >= 15 is 0 Å². The van der Waals surface area contributed by atoms with Crippen molar-refractivity contribution in [3.8, 4) is 6.07 Å². The van der Waals surface area contributed by atoms with Gasteiger partial charge in [-0.2, -0.15) is 28.6 Å². The minimum absolute atomic E-state index is 0.00906. The van der Waals surface area contributed by atoms with Gasteiger partial charge in [0.1, 0.15) is 18.1 Å². The summed E-state index contributed by atoms with van der Waals surface area (Å²) in [7, 11) is 0. The number of likely N-dealkylation sites (tertiary alicyclic amines) is 1. The van der Waals surface area contributed by atoms with Gasteiger partial charge in [0.05, 0.1) is 17.8 Å². The van der Waals surface area contributed by atoms with Gasteiger partial charge in [-0.1, -0.05) is 38.5 Å². The maximum absolute atomic E-state index is 13.6. The molecule has 0 radical (unpaired) electrons. The van der Waals surface area contributed by atoms with Gasteiger partial charge in [0.2, 0.25) is 11.8 Å².